The predicted octanol–water partition coefficient (Wildman–Crippen LogP) is 3.01. The molecule has 24 heavy (non-hydrogen) atoms. The summed E-state index contributed by atoms with van der Waals surface area (Å²) in [4.78, 5) is 11.1. The first-order valence-electron chi connectivity index (χ1n) is 8.62. The molecule has 1 aliphatic heterocycles. The molecule has 0 bridgehead atoms. The molecule has 0 spiro atoms. The Hall–Kier alpha value is -1.95. The number of ether oxygens (including phenoxy) is 1. The highest BCUT2D eigenvalue weighted by Crippen LogP contribution is 2.26. The Morgan fingerprint density at radius 3 is 2.75 bits per heavy atom. The molecule has 3 rings (SSSR count). The fourth-order valence-corrected chi connectivity index (χ4v) is 3.31. The van der Waals surface area contributed by atoms with Crippen LogP contribution in [0.2, 0.25) is 0 Å². The Morgan fingerprint density at radius 2 is 2.12 bits per heavy atom. The molecule has 3 heterocycles. The van der Waals surface area contributed by atoms with Gasteiger partial charge in [0, 0.05) is 49.5 Å². The Labute approximate surface area is 143 Å². The summed E-state index contributed by atoms with van der Waals surface area (Å²) in [6.45, 7) is 10.9. The average Bonchev–Trinajstić information content (AvgIpc) is 3.19. The summed E-state index contributed by atoms with van der Waals surface area (Å²) < 4.78 is 7.58. The summed E-state index contributed by atoms with van der Waals surface area (Å²) in [5, 5.41) is 4.68. The maximum atomic E-state index is 5.48. The first-order valence-corrected chi connectivity index (χ1v) is 8.62. The van der Waals surface area contributed by atoms with Crippen LogP contribution in [-0.4, -0.2) is 40.0 Å². The van der Waals surface area contributed by atoms with Crippen molar-refractivity contribution in [2.45, 2.75) is 52.6 Å². The molecule has 0 saturated carbocycles. The van der Waals surface area contributed by atoms with Gasteiger partial charge in [0.2, 0.25) is 0 Å². The van der Waals surface area contributed by atoms with Crippen molar-refractivity contribution in [3.8, 4) is 0 Å². The lowest BCUT2D eigenvalue weighted by Gasteiger charge is -2.20. The van der Waals surface area contributed by atoms with Gasteiger partial charge >= 0.3 is 0 Å². The monoisotopic (exact) mass is 329 g/mol. The van der Waals surface area contributed by atoms with Crippen molar-refractivity contribution in [2.75, 3.05) is 25.2 Å². The molecule has 0 radical (unpaired) electrons. The van der Waals surface area contributed by atoms with Crippen molar-refractivity contribution in [1.82, 2.24) is 19.7 Å². The van der Waals surface area contributed by atoms with Crippen molar-refractivity contribution in [3.63, 3.8) is 0 Å². The zero-order valence-corrected chi connectivity index (χ0v) is 15.3. The summed E-state index contributed by atoms with van der Waals surface area (Å²) in [5.74, 6) is 1.34. The summed E-state index contributed by atoms with van der Waals surface area (Å²) in [7, 11) is 2.07. The second-order valence-corrected chi connectivity index (χ2v) is 6.91. The zero-order valence-electron chi connectivity index (χ0n) is 15.3. The molecule has 2 aromatic heterocycles. The Balaban J connectivity index is 1.80. The molecule has 0 N–H and O–H groups in total. The van der Waals surface area contributed by atoms with E-state index in [1.165, 1.54) is 11.3 Å². The van der Waals surface area contributed by atoms with Crippen LogP contribution in [-0.2, 0) is 11.3 Å². The van der Waals surface area contributed by atoms with Gasteiger partial charge in [-0.1, -0.05) is 0 Å². The number of anilines is 1. The SMILES string of the molecule is Cc1nn(C(C)C)c(C)c1CN(C)c1cc(C2CCOC2)ncn1. The lowest BCUT2D eigenvalue weighted by atomic mass is 10.0. The standard InChI is InChI=1S/C18H27N5O/c1-12(2)23-14(4)16(13(3)21-23)9-22(5)18-8-17(19-11-20-18)15-6-7-24-10-15/h8,11-12,15H,6-7,9-10H2,1-5H3. The number of nitrogens with zero attached hydrogens (tertiary/aromatic N) is 5. The van der Waals surface area contributed by atoms with E-state index in [0.29, 0.717) is 12.0 Å². The lowest BCUT2D eigenvalue weighted by Crippen LogP contribution is -2.19. The van der Waals surface area contributed by atoms with Crippen LogP contribution in [0.3, 0.4) is 0 Å². The molecule has 0 aliphatic carbocycles. The van der Waals surface area contributed by atoms with Crippen LogP contribution >= 0.6 is 0 Å². The Morgan fingerprint density at radius 1 is 1.33 bits per heavy atom. The van der Waals surface area contributed by atoms with Crippen LogP contribution in [0.4, 0.5) is 5.82 Å². The highest BCUT2D eigenvalue weighted by Gasteiger charge is 2.21. The number of hydrogen-bond acceptors (Lipinski definition) is 5. The molecule has 1 aliphatic rings. The van der Waals surface area contributed by atoms with Crippen molar-refractivity contribution < 1.29 is 4.74 Å². The fourth-order valence-electron chi connectivity index (χ4n) is 3.31. The fraction of sp³-hybridized carbons (Fsp3) is 0.611. The van der Waals surface area contributed by atoms with Crippen LogP contribution in [0.1, 0.15) is 54.9 Å². The minimum atomic E-state index is 0.371. The molecule has 6 nitrogen and oxygen atoms in total. The highest BCUT2D eigenvalue weighted by molar-refractivity contribution is 5.41. The van der Waals surface area contributed by atoms with Crippen LogP contribution in [0.15, 0.2) is 12.4 Å². The van der Waals surface area contributed by atoms with Crippen LogP contribution in [0.5, 0.6) is 0 Å². The molecule has 0 aromatic carbocycles. The van der Waals surface area contributed by atoms with Gasteiger partial charge in [0.15, 0.2) is 0 Å². The molecule has 6 heteroatoms. The maximum Gasteiger partial charge on any atom is 0.132 e. The van der Waals surface area contributed by atoms with Crippen molar-refractivity contribution >= 4 is 5.82 Å². The third kappa shape index (κ3) is 3.29. The molecule has 1 saturated heterocycles. The quantitative estimate of drug-likeness (QED) is 0.844. The zero-order chi connectivity index (χ0) is 17.3. The normalized spacial score (nSPS) is 17.7. The predicted molar refractivity (Wildman–Crippen MR) is 94.4 cm³/mol. The van der Waals surface area contributed by atoms with Gasteiger partial charge in [0.25, 0.3) is 0 Å². The molecule has 2 aromatic rings. The van der Waals surface area contributed by atoms with E-state index in [1.807, 2.05) is 0 Å². The van der Waals surface area contributed by atoms with Crippen LogP contribution < -0.4 is 4.90 Å². The number of hydrogen-bond donors (Lipinski definition) is 0. The van der Waals surface area contributed by atoms with Crippen molar-refractivity contribution in [1.29, 1.82) is 0 Å². The largest absolute Gasteiger partial charge is 0.381 e. The van der Waals surface area contributed by atoms with E-state index in [4.69, 9.17) is 4.74 Å². The molecule has 1 atom stereocenters. The van der Waals surface area contributed by atoms with E-state index in [9.17, 15) is 0 Å². The maximum absolute atomic E-state index is 5.48. The summed E-state index contributed by atoms with van der Waals surface area (Å²) in [5.41, 5.74) is 4.67. The topological polar surface area (TPSA) is 56.1 Å². The highest BCUT2D eigenvalue weighted by atomic mass is 16.5. The minimum absolute atomic E-state index is 0.371. The molecule has 1 fully saturated rings. The van der Waals surface area contributed by atoms with E-state index in [-0.39, 0.29) is 0 Å². The number of rotatable bonds is 5. The van der Waals surface area contributed by atoms with Gasteiger partial charge < -0.3 is 9.64 Å². The van der Waals surface area contributed by atoms with Gasteiger partial charge in [-0.3, -0.25) is 4.68 Å². The first kappa shape index (κ1) is 16.9. The second kappa shape index (κ2) is 6.89. The van der Waals surface area contributed by atoms with Gasteiger partial charge in [-0.05, 0) is 34.1 Å². The number of aromatic nitrogens is 4. The average molecular weight is 329 g/mol. The van der Waals surface area contributed by atoms with E-state index in [1.54, 1.807) is 6.33 Å². The first-order chi connectivity index (χ1) is 11.5. The summed E-state index contributed by atoms with van der Waals surface area (Å²) in [6.07, 6.45) is 2.70. The van der Waals surface area contributed by atoms with Crippen LogP contribution in [0.25, 0.3) is 0 Å². The Bertz CT molecular complexity index is 703. The smallest absolute Gasteiger partial charge is 0.132 e. The number of aryl methyl sites for hydroxylation is 1. The van der Waals surface area contributed by atoms with Gasteiger partial charge in [0.05, 0.1) is 18.0 Å². The minimum Gasteiger partial charge on any atom is -0.381 e. The third-order valence-electron chi connectivity index (χ3n) is 4.77. The Kier molecular flexibility index (Phi) is 4.85. The van der Waals surface area contributed by atoms with E-state index in [2.05, 4.69) is 65.5 Å². The molecule has 0 amide bonds. The lowest BCUT2D eigenvalue weighted by molar-refractivity contribution is 0.193. The third-order valence-corrected chi connectivity index (χ3v) is 4.77. The van der Waals surface area contributed by atoms with Gasteiger partial charge in [0.1, 0.15) is 12.1 Å². The van der Waals surface area contributed by atoms with E-state index < -0.39 is 0 Å². The molecule has 1 unspecified atom stereocenters. The van der Waals surface area contributed by atoms with E-state index in [0.717, 1.165) is 43.4 Å². The van der Waals surface area contributed by atoms with Crippen LogP contribution in [0, 0.1) is 13.8 Å². The van der Waals surface area contributed by atoms with Crippen molar-refractivity contribution in [2.24, 2.45) is 0 Å². The molecular weight excluding hydrogens is 302 g/mol. The van der Waals surface area contributed by atoms with E-state index >= 15 is 0 Å². The van der Waals surface area contributed by atoms with Gasteiger partial charge in [-0.15, -0.1) is 0 Å². The van der Waals surface area contributed by atoms with Gasteiger partial charge in [-0.2, -0.15) is 5.10 Å². The second-order valence-electron chi connectivity index (χ2n) is 6.91. The van der Waals surface area contributed by atoms with Gasteiger partial charge in [-0.25, -0.2) is 9.97 Å². The van der Waals surface area contributed by atoms with Crippen molar-refractivity contribution in [3.05, 3.63) is 35.0 Å². The molecular formula is C18H27N5O. The summed E-state index contributed by atoms with van der Waals surface area (Å²) >= 11 is 0. The molecule has 130 valence electrons. The summed E-state index contributed by atoms with van der Waals surface area (Å²) in [6, 6.07) is 2.47.